The van der Waals surface area contributed by atoms with Crippen LogP contribution < -0.4 is 4.74 Å². The Balaban J connectivity index is 2.51. The van der Waals surface area contributed by atoms with Crippen LogP contribution in [-0.4, -0.2) is 7.11 Å². The van der Waals surface area contributed by atoms with Crippen molar-refractivity contribution in [3.63, 3.8) is 0 Å². The molecule has 0 spiro atoms. The van der Waals surface area contributed by atoms with E-state index in [1.54, 1.807) is 13.2 Å². The maximum Gasteiger partial charge on any atom is 0.123 e. The fourth-order valence-electron chi connectivity index (χ4n) is 1.78. The van der Waals surface area contributed by atoms with Crippen molar-refractivity contribution in [1.29, 1.82) is 0 Å². The van der Waals surface area contributed by atoms with Crippen LogP contribution in [0.5, 0.6) is 5.75 Å². The van der Waals surface area contributed by atoms with Crippen molar-refractivity contribution in [2.24, 2.45) is 0 Å². The molecule has 0 heterocycles. The molecule has 19 heavy (non-hydrogen) atoms. The summed E-state index contributed by atoms with van der Waals surface area (Å²) in [7, 11) is 1.61. The van der Waals surface area contributed by atoms with Crippen LogP contribution in [0.4, 0.5) is 0 Å². The summed E-state index contributed by atoms with van der Waals surface area (Å²) in [5, 5.41) is 0.916. The van der Waals surface area contributed by atoms with Crippen LogP contribution >= 0.6 is 57.4 Å². The molecule has 0 saturated carbocycles. The number of methoxy groups -OCH3 is 1. The summed E-state index contributed by atoms with van der Waals surface area (Å²) in [6, 6.07) is 11.0. The first-order valence-electron chi connectivity index (χ1n) is 5.45. The maximum atomic E-state index is 6.56. The van der Waals surface area contributed by atoms with E-state index in [2.05, 4.69) is 22.6 Å². The van der Waals surface area contributed by atoms with E-state index >= 15 is 0 Å². The van der Waals surface area contributed by atoms with Crippen molar-refractivity contribution in [2.75, 3.05) is 7.11 Å². The van der Waals surface area contributed by atoms with Crippen molar-refractivity contribution in [3.05, 3.63) is 61.1 Å². The number of hydrogen-bond acceptors (Lipinski definition) is 1. The fourth-order valence-corrected chi connectivity index (χ4v) is 3.32. The summed E-state index contributed by atoms with van der Waals surface area (Å²) < 4.78 is 6.38. The normalized spacial score (nSPS) is 12.3. The Hall–Kier alpha value is -0.160. The Morgan fingerprint density at radius 3 is 2.21 bits per heavy atom. The van der Waals surface area contributed by atoms with Gasteiger partial charge in [-0.2, -0.15) is 0 Å². The summed E-state index contributed by atoms with van der Waals surface area (Å²) in [6.45, 7) is 0. The van der Waals surface area contributed by atoms with Gasteiger partial charge in [-0.1, -0.05) is 23.2 Å². The van der Waals surface area contributed by atoms with Gasteiger partial charge in [0.25, 0.3) is 0 Å². The average molecular weight is 427 g/mol. The second-order valence-electron chi connectivity index (χ2n) is 3.91. The van der Waals surface area contributed by atoms with Gasteiger partial charge in [-0.3, -0.25) is 0 Å². The van der Waals surface area contributed by atoms with Crippen LogP contribution in [-0.2, 0) is 0 Å². The lowest BCUT2D eigenvalue weighted by atomic mass is 10.0. The molecule has 0 saturated heterocycles. The molecular formula is C14H10Cl3IO. The fraction of sp³-hybridized carbons (Fsp3) is 0.143. The lowest BCUT2D eigenvalue weighted by molar-refractivity contribution is 0.410. The Morgan fingerprint density at radius 1 is 1.00 bits per heavy atom. The molecule has 5 heteroatoms. The highest BCUT2D eigenvalue weighted by Crippen LogP contribution is 2.39. The van der Waals surface area contributed by atoms with Crippen LogP contribution in [0, 0.1) is 3.57 Å². The number of hydrogen-bond donors (Lipinski definition) is 0. The first-order valence-corrected chi connectivity index (χ1v) is 7.72. The minimum absolute atomic E-state index is 0.362. The molecule has 0 N–H and O–H groups in total. The van der Waals surface area contributed by atoms with Crippen molar-refractivity contribution in [3.8, 4) is 5.75 Å². The van der Waals surface area contributed by atoms with Crippen molar-refractivity contribution >= 4 is 57.4 Å². The van der Waals surface area contributed by atoms with Crippen LogP contribution in [0.1, 0.15) is 16.5 Å². The van der Waals surface area contributed by atoms with Gasteiger partial charge in [0.2, 0.25) is 0 Å². The van der Waals surface area contributed by atoms with Crippen LogP contribution in [0.15, 0.2) is 36.4 Å². The van der Waals surface area contributed by atoms with Gasteiger partial charge in [0, 0.05) is 19.2 Å². The standard InChI is InChI=1S/C14H10Cl3IO/c1-19-13-5-3-9(16)7-11(13)14(17)10-6-8(15)2-4-12(10)18/h2-7,14H,1H3. The quantitative estimate of drug-likeness (QED) is 0.435. The average Bonchev–Trinajstić information content (AvgIpc) is 2.40. The minimum atomic E-state index is -0.362. The Kier molecular flexibility index (Phi) is 5.23. The van der Waals surface area contributed by atoms with Gasteiger partial charge in [0.15, 0.2) is 0 Å². The van der Waals surface area contributed by atoms with E-state index < -0.39 is 0 Å². The molecule has 2 aromatic rings. The maximum absolute atomic E-state index is 6.56. The second-order valence-corrected chi connectivity index (χ2v) is 6.39. The molecule has 100 valence electrons. The van der Waals surface area contributed by atoms with E-state index in [4.69, 9.17) is 39.5 Å². The Labute approximate surface area is 141 Å². The summed E-state index contributed by atoms with van der Waals surface area (Å²) >= 11 is 20.9. The number of benzene rings is 2. The van der Waals surface area contributed by atoms with Crippen LogP contribution in [0.3, 0.4) is 0 Å². The van der Waals surface area contributed by atoms with Gasteiger partial charge < -0.3 is 4.74 Å². The van der Waals surface area contributed by atoms with Crippen molar-refractivity contribution < 1.29 is 4.74 Å². The molecule has 1 nitrogen and oxygen atoms in total. The van der Waals surface area contributed by atoms with Crippen LogP contribution in [0.25, 0.3) is 0 Å². The predicted molar refractivity (Wildman–Crippen MR) is 89.9 cm³/mol. The largest absolute Gasteiger partial charge is 0.496 e. The minimum Gasteiger partial charge on any atom is -0.496 e. The van der Waals surface area contributed by atoms with E-state index in [9.17, 15) is 0 Å². The topological polar surface area (TPSA) is 9.23 Å². The van der Waals surface area contributed by atoms with Gasteiger partial charge in [-0.25, -0.2) is 0 Å². The first-order chi connectivity index (χ1) is 9.02. The Morgan fingerprint density at radius 2 is 1.58 bits per heavy atom. The molecule has 2 rings (SSSR count). The summed E-state index contributed by atoms with van der Waals surface area (Å²) in [5.41, 5.74) is 1.77. The summed E-state index contributed by atoms with van der Waals surface area (Å²) in [6.07, 6.45) is 0. The molecule has 0 radical (unpaired) electrons. The number of ether oxygens (including phenoxy) is 1. The molecule has 1 unspecified atom stereocenters. The summed E-state index contributed by atoms with van der Waals surface area (Å²) in [5.74, 6) is 0.708. The lowest BCUT2D eigenvalue weighted by Gasteiger charge is -2.16. The van der Waals surface area contributed by atoms with E-state index in [1.165, 1.54) is 0 Å². The predicted octanol–water partition coefficient (Wildman–Crippen LogP) is 5.93. The van der Waals surface area contributed by atoms with E-state index in [-0.39, 0.29) is 5.38 Å². The van der Waals surface area contributed by atoms with E-state index in [0.29, 0.717) is 15.8 Å². The smallest absolute Gasteiger partial charge is 0.123 e. The summed E-state index contributed by atoms with van der Waals surface area (Å²) in [4.78, 5) is 0. The van der Waals surface area contributed by atoms with Gasteiger partial charge in [0.1, 0.15) is 5.75 Å². The second kappa shape index (κ2) is 6.53. The molecule has 0 bridgehead atoms. The monoisotopic (exact) mass is 426 g/mol. The van der Waals surface area contributed by atoms with E-state index in [0.717, 1.165) is 14.7 Å². The third-order valence-electron chi connectivity index (χ3n) is 2.70. The number of alkyl halides is 1. The molecule has 0 aliphatic heterocycles. The molecular weight excluding hydrogens is 417 g/mol. The van der Waals surface area contributed by atoms with Crippen molar-refractivity contribution in [2.45, 2.75) is 5.38 Å². The molecule has 1 atom stereocenters. The number of rotatable bonds is 3. The zero-order chi connectivity index (χ0) is 14.0. The molecule has 0 aromatic heterocycles. The van der Waals surface area contributed by atoms with Gasteiger partial charge in [-0.15, -0.1) is 11.6 Å². The number of halogens is 4. The van der Waals surface area contributed by atoms with Gasteiger partial charge in [-0.05, 0) is 64.6 Å². The highest BCUT2D eigenvalue weighted by atomic mass is 127. The zero-order valence-corrected chi connectivity index (χ0v) is 14.4. The molecule has 0 amide bonds. The molecule has 0 aliphatic carbocycles. The van der Waals surface area contributed by atoms with Crippen molar-refractivity contribution in [1.82, 2.24) is 0 Å². The van der Waals surface area contributed by atoms with Gasteiger partial charge >= 0.3 is 0 Å². The van der Waals surface area contributed by atoms with Crippen LogP contribution in [0.2, 0.25) is 10.0 Å². The van der Waals surface area contributed by atoms with E-state index in [1.807, 2.05) is 30.3 Å². The Bertz CT molecular complexity index is 601. The third kappa shape index (κ3) is 3.48. The lowest BCUT2D eigenvalue weighted by Crippen LogP contribution is -1.99. The molecule has 2 aromatic carbocycles. The van der Waals surface area contributed by atoms with Gasteiger partial charge in [0.05, 0.1) is 12.5 Å². The zero-order valence-electron chi connectivity index (χ0n) is 9.96. The molecule has 0 aliphatic rings. The first kappa shape index (κ1) is 15.2. The molecule has 0 fully saturated rings. The highest BCUT2D eigenvalue weighted by Gasteiger charge is 2.19. The SMILES string of the molecule is COc1ccc(Cl)cc1C(Cl)c1cc(Cl)ccc1I. The third-order valence-corrected chi connectivity index (χ3v) is 4.62. The highest BCUT2D eigenvalue weighted by molar-refractivity contribution is 14.1.